The molecular weight excluding hydrogens is 224 g/mol. The van der Waals surface area contributed by atoms with Crippen LogP contribution in [0.5, 0.6) is 0 Å². The Morgan fingerprint density at radius 1 is 1.11 bits per heavy atom. The lowest BCUT2D eigenvalue weighted by Gasteiger charge is -2.16. The van der Waals surface area contributed by atoms with Crippen molar-refractivity contribution in [3.05, 3.63) is 35.4 Å². The molecule has 1 aliphatic rings. The average Bonchev–Trinajstić information content (AvgIpc) is 2.65. The van der Waals surface area contributed by atoms with E-state index in [1.807, 2.05) is 12.1 Å². The molecule has 0 heterocycles. The van der Waals surface area contributed by atoms with Gasteiger partial charge in [0.15, 0.2) is 0 Å². The smallest absolute Gasteiger partial charge is 0.248 e. The Morgan fingerprint density at radius 2 is 1.72 bits per heavy atom. The van der Waals surface area contributed by atoms with Crippen molar-refractivity contribution in [2.45, 2.75) is 51.1 Å². The molecule has 1 amide bonds. The Morgan fingerprint density at radius 3 is 2.28 bits per heavy atom. The van der Waals surface area contributed by atoms with Crippen molar-refractivity contribution < 1.29 is 4.79 Å². The third-order valence-corrected chi connectivity index (χ3v) is 3.69. The third kappa shape index (κ3) is 3.84. The van der Waals surface area contributed by atoms with Gasteiger partial charge in [0, 0.05) is 18.2 Å². The summed E-state index contributed by atoms with van der Waals surface area (Å²) in [6.45, 7) is 0.879. The van der Waals surface area contributed by atoms with Crippen LogP contribution in [0, 0.1) is 0 Å². The maximum atomic E-state index is 11.0. The zero-order chi connectivity index (χ0) is 12.8. The van der Waals surface area contributed by atoms with E-state index in [0.717, 1.165) is 6.54 Å². The summed E-state index contributed by atoms with van der Waals surface area (Å²) < 4.78 is 0. The highest BCUT2D eigenvalue weighted by Gasteiger charge is 2.11. The van der Waals surface area contributed by atoms with Gasteiger partial charge in [-0.15, -0.1) is 0 Å². The molecule has 1 aromatic rings. The summed E-state index contributed by atoms with van der Waals surface area (Å²) >= 11 is 0. The maximum Gasteiger partial charge on any atom is 0.248 e. The van der Waals surface area contributed by atoms with Crippen LogP contribution in [0.25, 0.3) is 0 Å². The molecule has 3 heteroatoms. The first kappa shape index (κ1) is 13.1. The highest BCUT2D eigenvalue weighted by atomic mass is 16.1. The van der Waals surface area contributed by atoms with Gasteiger partial charge in [0.05, 0.1) is 0 Å². The van der Waals surface area contributed by atoms with Crippen LogP contribution < -0.4 is 11.1 Å². The first-order chi connectivity index (χ1) is 8.75. The van der Waals surface area contributed by atoms with E-state index in [9.17, 15) is 4.79 Å². The zero-order valence-corrected chi connectivity index (χ0v) is 10.8. The fourth-order valence-electron chi connectivity index (χ4n) is 2.53. The summed E-state index contributed by atoms with van der Waals surface area (Å²) in [6.07, 6.45) is 8.03. The Labute approximate surface area is 109 Å². The van der Waals surface area contributed by atoms with E-state index in [-0.39, 0.29) is 5.91 Å². The monoisotopic (exact) mass is 246 g/mol. The molecule has 0 aliphatic heterocycles. The summed E-state index contributed by atoms with van der Waals surface area (Å²) in [7, 11) is 0. The van der Waals surface area contributed by atoms with Crippen molar-refractivity contribution in [3.63, 3.8) is 0 Å². The highest BCUT2D eigenvalue weighted by molar-refractivity contribution is 5.92. The van der Waals surface area contributed by atoms with Crippen LogP contribution in [0.1, 0.15) is 54.4 Å². The quantitative estimate of drug-likeness (QED) is 0.802. The number of carbonyl (C=O) groups is 1. The summed E-state index contributed by atoms with van der Waals surface area (Å²) in [5.74, 6) is -0.363. The molecule has 3 N–H and O–H groups in total. The average molecular weight is 246 g/mol. The fourth-order valence-corrected chi connectivity index (χ4v) is 2.53. The van der Waals surface area contributed by atoms with E-state index in [0.29, 0.717) is 11.6 Å². The standard InChI is InChI=1S/C15H22N2O/c16-15(18)13-9-7-12(8-10-13)11-17-14-5-3-1-2-4-6-14/h7-10,14,17H,1-6,11H2,(H2,16,18). The molecule has 1 aliphatic carbocycles. The van der Waals surface area contributed by atoms with Gasteiger partial charge >= 0.3 is 0 Å². The Bertz CT molecular complexity index is 378. The number of hydrogen-bond acceptors (Lipinski definition) is 2. The first-order valence-corrected chi connectivity index (χ1v) is 6.88. The van der Waals surface area contributed by atoms with Crippen LogP contribution in [0.4, 0.5) is 0 Å². The van der Waals surface area contributed by atoms with E-state index in [1.54, 1.807) is 12.1 Å². The summed E-state index contributed by atoms with van der Waals surface area (Å²) in [6, 6.07) is 8.20. The molecule has 1 saturated carbocycles. The van der Waals surface area contributed by atoms with E-state index >= 15 is 0 Å². The van der Waals surface area contributed by atoms with Gasteiger partial charge in [-0.25, -0.2) is 0 Å². The van der Waals surface area contributed by atoms with Crippen LogP contribution >= 0.6 is 0 Å². The Balaban J connectivity index is 1.83. The van der Waals surface area contributed by atoms with E-state index in [1.165, 1.54) is 44.1 Å². The minimum atomic E-state index is -0.363. The third-order valence-electron chi connectivity index (χ3n) is 3.69. The van der Waals surface area contributed by atoms with Gasteiger partial charge in [0.25, 0.3) is 0 Å². The van der Waals surface area contributed by atoms with Crippen molar-refractivity contribution >= 4 is 5.91 Å². The zero-order valence-electron chi connectivity index (χ0n) is 10.8. The van der Waals surface area contributed by atoms with Gasteiger partial charge in [-0.1, -0.05) is 37.8 Å². The van der Waals surface area contributed by atoms with Gasteiger partial charge in [-0.3, -0.25) is 4.79 Å². The number of nitrogens with two attached hydrogens (primary N) is 1. The Kier molecular flexibility index (Phi) is 4.76. The van der Waals surface area contributed by atoms with Crippen molar-refractivity contribution in [2.24, 2.45) is 5.73 Å². The summed E-state index contributed by atoms with van der Waals surface area (Å²) in [5, 5.41) is 3.61. The van der Waals surface area contributed by atoms with Crippen LogP contribution in [-0.4, -0.2) is 11.9 Å². The van der Waals surface area contributed by atoms with Crippen LogP contribution in [0.15, 0.2) is 24.3 Å². The van der Waals surface area contributed by atoms with E-state index in [2.05, 4.69) is 5.32 Å². The summed E-state index contributed by atoms with van der Waals surface area (Å²) in [4.78, 5) is 11.0. The molecular formula is C15H22N2O. The second-order valence-electron chi connectivity index (χ2n) is 5.13. The van der Waals surface area contributed by atoms with E-state index < -0.39 is 0 Å². The molecule has 0 radical (unpaired) electrons. The predicted molar refractivity (Wildman–Crippen MR) is 73.3 cm³/mol. The molecule has 18 heavy (non-hydrogen) atoms. The van der Waals surface area contributed by atoms with Crippen molar-refractivity contribution in [2.75, 3.05) is 0 Å². The minimum absolute atomic E-state index is 0.363. The van der Waals surface area contributed by atoms with Gasteiger partial charge in [-0.2, -0.15) is 0 Å². The van der Waals surface area contributed by atoms with E-state index in [4.69, 9.17) is 5.73 Å². The maximum absolute atomic E-state index is 11.0. The van der Waals surface area contributed by atoms with Crippen LogP contribution in [0.3, 0.4) is 0 Å². The fraction of sp³-hybridized carbons (Fsp3) is 0.533. The molecule has 0 bridgehead atoms. The molecule has 1 fully saturated rings. The first-order valence-electron chi connectivity index (χ1n) is 6.88. The lowest BCUT2D eigenvalue weighted by molar-refractivity contribution is 0.100. The predicted octanol–water partition coefficient (Wildman–Crippen LogP) is 2.60. The molecule has 0 spiro atoms. The number of amides is 1. The molecule has 2 rings (SSSR count). The number of nitrogens with one attached hydrogen (secondary N) is 1. The molecule has 0 unspecified atom stereocenters. The van der Waals surface area contributed by atoms with Crippen LogP contribution in [-0.2, 0) is 6.54 Å². The SMILES string of the molecule is NC(=O)c1ccc(CNC2CCCCCC2)cc1. The topological polar surface area (TPSA) is 55.1 Å². The number of rotatable bonds is 4. The summed E-state index contributed by atoms with van der Waals surface area (Å²) in [5.41, 5.74) is 7.01. The van der Waals surface area contributed by atoms with Crippen LogP contribution in [0.2, 0.25) is 0 Å². The molecule has 98 valence electrons. The molecule has 1 aromatic carbocycles. The lowest BCUT2D eigenvalue weighted by Crippen LogP contribution is -2.27. The van der Waals surface area contributed by atoms with Crippen molar-refractivity contribution in [1.29, 1.82) is 0 Å². The molecule has 0 aromatic heterocycles. The molecule has 0 saturated heterocycles. The van der Waals surface area contributed by atoms with Crippen molar-refractivity contribution in [3.8, 4) is 0 Å². The normalized spacial score (nSPS) is 17.3. The Hall–Kier alpha value is -1.35. The van der Waals surface area contributed by atoms with Gasteiger partial charge < -0.3 is 11.1 Å². The number of benzene rings is 1. The second kappa shape index (κ2) is 6.55. The minimum Gasteiger partial charge on any atom is -0.366 e. The molecule has 3 nitrogen and oxygen atoms in total. The number of primary amides is 1. The van der Waals surface area contributed by atoms with Crippen molar-refractivity contribution in [1.82, 2.24) is 5.32 Å². The lowest BCUT2D eigenvalue weighted by atomic mass is 10.1. The van der Waals surface area contributed by atoms with Gasteiger partial charge in [-0.05, 0) is 30.5 Å². The molecule has 0 atom stereocenters. The largest absolute Gasteiger partial charge is 0.366 e. The highest BCUT2D eigenvalue weighted by Crippen LogP contribution is 2.17. The van der Waals surface area contributed by atoms with Gasteiger partial charge in [0.1, 0.15) is 0 Å². The number of hydrogen-bond donors (Lipinski definition) is 2. The van der Waals surface area contributed by atoms with Gasteiger partial charge in [0.2, 0.25) is 5.91 Å². The second-order valence-corrected chi connectivity index (χ2v) is 5.13. The number of carbonyl (C=O) groups excluding carboxylic acids is 1.